The van der Waals surface area contributed by atoms with Crippen molar-refractivity contribution in [2.45, 2.75) is 107 Å². The van der Waals surface area contributed by atoms with Crippen LogP contribution in [0.1, 0.15) is 123 Å². The zero-order valence-corrected chi connectivity index (χ0v) is 27.8. The van der Waals surface area contributed by atoms with E-state index < -0.39 is 44.9 Å². The summed E-state index contributed by atoms with van der Waals surface area (Å²) in [5.41, 5.74) is 0.713. The lowest BCUT2D eigenvalue weighted by atomic mass is 9.52. The predicted octanol–water partition coefficient (Wildman–Crippen LogP) is 9.31. The minimum Gasteiger partial charge on any atom is -0.507 e. The summed E-state index contributed by atoms with van der Waals surface area (Å²) in [4.78, 5) is 27.1. The summed E-state index contributed by atoms with van der Waals surface area (Å²) in [6, 6.07) is 13.1. The van der Waals surface area contributed by atoms with Crippen LogP contribution in [0.2, 0.25) is 0 Å². The molecule has 0 aliphatic heterocycles. The van der Waals surface area contributed by atoms with E-state index in [-0.39, 0.29) is 11.3 Å². The van der Waals surface area contributed by atoms with E-state index in [2.05, 4.69) is 20.8 Å². The first-order valence-electron chi connectivity index (χ1n) is 14.8. The molecule has 3 rings (SSSR count). The number of carboxylic acid groups (broad SMARTS) is 1. The lowest BCUT2D eigenvalue weighted by molar-refractivity contribution is -0.133. The van der Waals surface area contributed by atoms with Gasteiger partial charge in [-0.15, -0.1) is 0 Å². The van der Waals surface area contributed by atoms with E-state index in [1.54, 1.807) is 18.2 Å². The fourth-order valence-corrected chi connectivity index (χ4v) is 5.91. The van der Waals surface area contributed by atoms with Gasteiger partial charge >= 0.3 is 11.9 Å². The Bertz CT molecular complexity index is 1400. The summed E-state index contributed by atoms with van der Waals surface area (Å²) < 4.78 is 6.54. The minimum atomic E-state index is -0.991. The van der Waals surface area contributed by atoms with Crippen LogP contribution in [0.15, 0.2) is 65.4 Å². The first kappa shape index (κ1) is 33.2. The number of carbonyl (C=O) groups is 2. The van der Waals surface area contributed by atoms with Crippen molar-refractivity contribution in [3.8, 4) is 5.75 Å². The van der Waals surface area contributed by atoms with Crippen LogP contribution < -0.4 is 0 Å². The van der Waals surface area contributed by atoms with E-state index in [9.17, 15) is 19.8 Å². The molecule has 0 saturated carbocycles. The van der Waals surface area contributed by atoms with Gasteiger partial charge in [-0.25, -0.2) is 9.59 Å². The predicted molar refractivity (Wildman–Crippen MR) is 170 cm³/mol. The van der Waals surface area contributed by atoms with Gasteiger partial charge in [0.05, 0.1) is 5.56 Å². The van der Waals surface area contributed by atoms with Crippen LogP contribution in [0.25, 0.3) is 0 Å². The molecule has 2 aromatic carbocycles. The molecular formula is C37H50O5. The Morgan fingerprint density at radius 1 is 0.786 bits per heavy atom. The quantitative estimate of drug-likeness (QED) is 0.356. The highest BCUT2D eigenvalue weighted by Gasteiger charge is 2.55. The Morgan fingerprint density at radius 3 is 1.64 bits per heavy atom. The highest BCUT2D eigenvalue weighted by molar-refractivity contribution is 5.93. The van der Waals surface area contributed by atoms with E-state index in [0.717, 1.165) is 5.56 Å². The Morgan fingerprint density at radius 2 is 1.26 bits per heavy atom. The number of benzene rings is 2. The van der Waals surface area contributed by atoms with Crippen molar-refractivity contribution < 1.29 is 24.5 Å². The molecule has 0 fully saturated rings. The summed E-state index contributed by atoms with van der Waals surface area (Å²) in [7, 11) is 0. The second-order valence-corrected chi connectivity index (χ2v) is 16.0. The van der Waals surface area contributed by atoms with Crippen molar-refractivity contribution in [3.05, 3.63) is 87.7 Å². The van der Waals surface area contributed by atoms with Crippen molar-refractivity contribution in [1.82, 2.24) is 0 Å². The van der Waals surface area contributed by atoms with Gasteiger partial charge in [0.2, 0.25) is 0 Å². The number of phenolic OH excluding ortho intramolecular Hbond substituents is 1. The summed E-state index contributed by atoms with van der Waals surface area (Å²) in [6.07, 6.45) is 1.72. The maximum Gasteiger partial charge on any atom is 0.343 e. The molecule has 42 heavy (non-hydrogen) atoms. The van der Waals surface area contributed by atoms with Crippen LogP contribution in [-0.4, -0.2) is 22.2 Å². The largest absolute Gasteiger partial charge is 0.507 e. The number of esters is 1. The van der Waals surface area contributed by atoms with Crippen LogP contribution in [-0.2, 0) is 20.4 Å². The Hall–Kier alpha value is -3.34. The van der Waals surface area contributed by atoms with Crippen molar-refractivity contribution in [2.24, 2.45) is 16.2 Å². The van der Waals surface area contributed by atoms with Crippen molar-refractivity contribution in [3.63, 3.8) is 0 Å². The summed E-state index contributed by atoms with van der Waals surface area (Å²) in [6.45, 7) is 26.3. The summed E-state index contributed by atoms with van der Waals surface area (Å²) in [5.74, 6) is -1.42. The number of rotatable bonds is 4. The molecule has 2 N–H and O–H groups in total. The third kappa shape index (κ3) is 6.07. The number of ether oxygens (including phenoxy) is 1. The number of aromatic hydroxyl groups is 1. The molecule has 0 bridgehead atoms. The molecule has 1 aliphatic rings. The van der Waals surface area contributed by atoms with E-state index in [0.29, 0.717) is 28.0 Å². The van der Waals surface area contributed by atoms with Crippen LogP contribution in [0, 0.1) is 16.2 Å². The van der Waals surface area contributed by atoms with E-state index in [1.165, 1.54) is 0 Å². The average molecular weight is 575 g/mol. The molecule has 5 heteroatoms. The van der Waals surface area contributed by atoms with Crippen LogP contribution in [0.3, 0.4) is 0 Å². The Balaban J connectivity index is 2.39. The van der Waals surface area contributed by atoms with Gasteiger partial charge in [0.25, 0.3) is 0 Å². The lowest BCUT2D eigenvalue weighted by Crippen LogP contribution is -2.46. The van der Waals surface area contributed by atoms with Gasteiger partial charge in [0, 0.05) is 28.0 Å². The van der Waals surface area contributed by atoms with E-state index in [1.807, 2.05) is 99.6 Å². The smallest absolute Gasteiger partial charge is 0.343 e. The monoisotopic (exact) mass is 574 g/mol. The van der Waals surface area contributed by atoms with Gasteiger partial charge in [0.15, 0.2) is 0 Å². The highest BCUT2D eigenvalue weighted by Crippen LogP contribution is 2.61. The van der Waals surface area contributed by atoms with Crippen molar-refractivity contribution >= 4 is 11.9 Å². The number of carboxylic acids is 1. The fraction of sp³-hybridized carbons (Fsp3) is 0.514. The van der Waals surface area contributed by atoms with Crippen LogP contribution in [0.5, 0.6) is 5.75 Å². The standard InChI is InChI=1S/C37H50O5/c1-33(2,3)25-19-23(20-26(29(25)38)34(4,5)6)32(41)42-30-27(35(7,8)9)21-24(31(39)40)28(22-17-15-14-16-18-22)37(30,13)36(10,11)12/h14-21,28,38H,1-13H3,(H,39,40). The van der Waals surface area contributed by atoms with Gasteiger partial charge in [0.1, 0.15) is 11.5 Å². The first-order valence-corrected chi connectivity index (χ1v) is 14.8. The number of phenols is 1. The molecule has 2 unspecified atom stereocenters. The molecule has 228 valence electrons. The SMILES string of the molecule is CC(C)(C)C1=C(OC(=O)c2cc(C(C)(C)C)c(O)c(C(C)(C)C)c2)C(C)(C(C)(C)C)C(c2ccccc2)C(C(=O)O)=C1. The summed E-state index contributed by atoms with van der Waals surface area (Å²) >= 11 is 0. The van der Waals surface area contributed by atoms with E-state index in [4.69, 9.17) is 4.74 Å². The zero-order valence-electron chi connectivity index (χ0n) is 27.8. The number of carbonyl (C=O) groups excluding carboxylic acids is 1. The van der Waals surface area contributed by atoms with Crippen LogP contribution >= 0.6 is 0 Å². The number of hydrogen-bond acceptors (Lipinski definition) is 4. The van der Waals surface area contributed by atoms with Gasteiger partial charge in [-0.1, -0.05) is 120 Å². The number of aliphatic carboxylic acids is 1. The van der Waals surface area contributed by atoms with Crippen molar-refractivity contribution in [2.75, 3.05) is 0 Å². The molecule has 2 aromatic rings. The molecule has 1 aliphatic carbocycles. The Kier molecular flexibility index (Phi) is 8.48. The number of allylic oxidation sites excluding steroid dienone is 3. The fourth-order valence-electron chi connectivity index (χ4n) is 5.91. The molecule has 0 radical (unpaired) electrons. The first-order chi connectivity index (χ1) is 18.9. The maximum absolute atomic E-state index is 14.3. The molecule has 0 spiro atoms. The van der Waals surface area contributed by atoms with Crippen LogP contribution in [0.4, 0.5) is 0 Å². The van der Waals surface area contributed by atoms with Gasteiger partial charge < -0.3 is 14.9 Å². The zero-order chi connectivity index (χ0) is 32.2. The normalized spacial score (nSPS) is 20.3. The third-order valence-corrected chi connectivity index (χ3v) is 8.81. The second kappa shape index (κ2) is 10.7. The molecule has 0 aromatic heterocycles. The summed E-state index contributed by atoms with van der Waals surface area (Å²) in [5, 5.41) is 21.8. The van der Waals surface area contributed by atoms with Gasteiger partial charge in [-0.05, 0) is 51.0 Å². The molecule has 2 atom stereocenters. The molecular weight excluding hydrogens is 524 g/mol. The molecule has 5 nitrogen and oxygen atoms in total. The van der Waals surface area contributed by atoms with E-state index >= 15 is 0 Å². The second-order valence-electron chi connectivity index (χ2n) is 16.0. The molecule has 0 amide bonds. The maximum atomic E-state index is 14.3. The molecule has 0 saturated heterocycles. The Labute approximate surface area is 252 Å². The average Bonchev–Trinajstić information content (AvgIpc) is 2.82. The highest BCUT2D eigenvalue weighted by atomic mass is 16.5. The third-order valence-electron chi connectivity index (χ3n) is 8.81. The topological polar surface area (TPSA) is 83.8 Å². The van der Waals surface area contributed by atoms with Gasteiger partial charge in [-0.3, -0.25) is 0 Å². The van der Waals surface area contributed by atoms with Crippen molar-refractivity contribution in [1.29, 1.82) is 0 Å². The molecule has 0 heterocycles. The van der Waals surface area contributed by atoms with Gasteiger partial charge in [-0.2, -0.15) is 0 Å². The number of hydrogen-bond donors (Lipinski definition) is 2. The minimum absolute atomic E-state index is 0.191. The lowest BCUT2D eigenvalue weighted by Gasteiger charge is -2.52.